The normalized spacial score (nSPS) is 13.8. The fourth-order valence-corrected chi connectivity index (χ4v) is 3.65. The number of hydrogen-bond donors (Lipinski definition) is 1. The summed E-state index contributed by atoms with van der Waals surface area (Å²) in [7, 11) is 0. The molecular formula is C22H27N3OS. The lowest BCUT2D eigenvalue weighted by Gasteiger charge is -2.30. The van der Waals surface area contributed by atoms with E-state index in [9.17, 15) is 0 Å². The summed E-state index contributed by atoms with van der Waals surface area (Å²) in [6, 6.07) is 16.6. The van der Waals surface area contributed by atoms with Crippen molar-refractivity contribution < 1.29 is 4.18 Å². The van der Waals surface area contributed by atoms with Crippen molar-refractivity contribution in [2.75, 3.05) is 31.1 Å². The highest BCUT2D eigenvalue weighted by Gasteiger charge is 2.15. The molecule has 0 bridgehead atoms. The number of nitrogens with one attached hydrogen (secondary N) is 1. The Labute approximate surface area is 166 Å². The molecule has 0 atom stereocenters. The second-order valence-corrected chi connectivity index (χ2v) is 6.99. The fourth-order valence-electron chi connectivity index (χ4n) is 3.10. The first-order valence-electron chi connectivity index (χ1n) is 9.56. The third kappa shape index (κ3) is 4.73. The average Bonchev–Trinajstić information content (AvgIpc) is 2.75. The van der Waals surface area contributed by atoms with Gasteiger partial charge in [0.15, 0.2) is 5.75 Å². The molecule has 1 aromatic heterocycles. The molecule has 4 nitrogen and oxygen atoms in total. The van der Waals surface area contributed by atoms with Gasteiger partial charge in [0.25, 0.3) is 0 Å². The lowest BCUT2D eigenvalue weighted by atomic mass is 10.1. The number of aryl methyl sites for hydroxylation is 1. The molecule has 5 heteroatoms. The zero-order valence-corrected chi connectivity index (χ0v) is 17.1. The molecule has 1 N–H and O–H groups in total. The largest absolute Gasteiger partial charge is 0.419 e. The second kappa shape index (κ2) is 9.62. The van der Waals surface area contributed by atoms with Crippen LogP contribution in [0.5, 0.6) is 5.75 Å². The molecule has 27 heavy (non-hydrogen) atoms. The third-order valence-corrected chi connectivity index (χ3v) is 5.20. The summed E-state index contributed by atoms with van der Waals surface area (Å²) in [6.45, 7) is 10.2. The lowest BCUT2D eigenvalue weighted by molar-refractivity contribution is 0.590. The Bertz CT molecular complexity index is 864. The highest BCUT2D eigenvalue weighted by molar-refractivity contribution is 7.95. The van der Waals surface area contributed by atoms with Crippen molar-refractivity contribution in [2.24, 2.45) is 0 Å². The predicted octanol–water partition coefficient (Wildman–Crippen LogP) is 5.07. The van der Waals surface area contributed by atoms with Gasteiger partial charge in [0, 0.05) is 36.5 Å². The lowest BCUT2D eigenvalue weighted by Crippen LogP contribution is -2.43. The topological polar surface area (TPSA) is 37.4 Å². The summed E-state index contributed by atoms with van der Waals surface area (Å²) < 4.78 is 5.87. The van der Waals surface area contributed by atoms with Gasteiger partial charge in [-0.15, -0.1) is 0 Å². The number of piperazine rings is 1. The number of pyridine rings is 1. The molecule has 0 aliphatic carbocycles. The zero-order valence-electron chi connectivity index (χ0n) is 16.2. The van der Waals surface area contributed by atoms with Crippen LogP contribution in [-0.2, 0) is 0 Å². The first kappa shape index (κ1) is 19.5. The van der Waals surface area contributed by atoms with Crippen LogP contribution in [-0.4, -0.2) is 31.2 Å². The van der Waals surface area contributed by atoms with Crippen molar-refractivity contribution in [3.63, 3.8) is 0 Å². The van der Waals surface area contributed by atoms with Crippen molar-refractivity contribution in [2.45, 2.75) is 25.7 Å². The van der Waals surface area contributed by atoms with Gasteiger partial charge in [-0.05, 0) is 36.8 Å². The molecule has 1 aliphatic heterocycles. The van der Waals surface area contributed by atoms with E-state index in [1.807, 2.05) is 50.4 Å². The number of nitrogens with zero attached hydrogens (tertiary/aromatic N) is 2. The van der Waals surface area contributed by atoms with Crippen LogP contribution >= 0.6 is 12.0 Å². The first-order valence-corrected chi connectivity index (χ1v) is 10.3. The Kier molecular flexibility index (Phi) is 6.96. The quantitative estimate of drug-likeness (QED) is 0.639. The van der Waals surface area contributed by atoms with E-state index in [1.54, 1.807) is 0 Å². The van der Waals surface area contributed by atoms with E-state index in [-0.39, 0.29) is 0 Å². The molecule has 0 radical (unpaired) electrons. The maximum absolute atomic E-state index is 5.87. The molecule has 0 amide bonds. The Hall–Kier alpha value is -2.24. The van der Waals surface area contributed by atoms with E-state index in [0.29, 0.717) is 0 Å². The van der Waals surface area contributed by atoms with Crippen molar-refractivity contribution in [3.8, 4) is 5.75 Å². The third-order valence-electron chi connectivity index (χ3n) is 4.46. The molecule has 0 spiro atoms. The Morgan fingerprint density at radius 3 is 2.52 bits per heavy atom. The van der Waals surface area contributed by atoms with Gasteiger partial charge in [-0.25, -0.2) is 0 Å². The van der Waals surface area contributed by atoms with Crippen molar-refractivity contribution >= 4 is 28.6 Å². The number of aromatic nitrogens is 1. The number of benzene rings is 2. The number of hydrogen-bond acceptors (Lipinski definition) is 5. The SMILES string of the molecule is CC.Cc1ccc(N2CCNCC2)c2ncc(OSc3ccccc3)cc12. The number of anilines is 1. The average molecular weight is 382 g/mol. The second-order valence-electron chi connectivity index (χ2n) is 6.19. The Balaban J connectivity index is 0.00000102. The van der Waals surface area contributed by atoms with Crippen LogP contribution in [0.15, 0.2) is 59.6 Å². The fraction of sp³-hybridized carbons (Fsp3) is 0.318. The van der Waals surface area contributed by atoms with Gasteiger partial charge >= 0.3 is 0 Å². The maximum Gasteiger partial charge on any atom is 0.156 e. The minimum absolute atomic E-state index is 0.780. The maximum atomic E-state index is 5.87. The van der Waals surface area contributed by atoms with Crippen molar-refractivity contribution in [1.29, 1.82) is 0 Å². The van der Waals surface area contributed by atoms with E-state index in [1.165, 1.54) is 23.3 Å². The molecule has 1 fully saturated rings. The summed E-state index contributed by atoms with van der Waals surface area (Å²) in [6.07, 6.45) is 1.82. The van der Waals surface area contributed by atoms with E-state index < -0.39 is 0 Å². The van der Waals surface area contributed by atoms with Gasteiger partial charge in [-0.1, -0.05) is 38.1 Å². The van der Waals surface area contributed by atoms with Gasteiger partial charge in [-0.2, -0.15) is 0 Å². The van der Waals surface area contributed by atoms with E-state index in [4.69, 9.17) is 9.17 Å². The van der Waals surface area contributed by atoms with Crippen LogP contribution in [0.25, 0.3) is 10.9 Å². The number of fused-ring (bicyclic) bond motifs is 1. The van der Waals surface area contributed by atoms with E-state index in [0.717, 1.165) is 47.7 Å². The molecule has 0 unspecified atom stereocenters. The van der Waals surface area contributed by atoms with Gasteiger partial charge < -0.3 is 14.4 Å². The minimum Gasteiger partial charge on any atom is -0.419 e. The van der Waals surface area contributed by atoms with E-state index >= 15 is 0 Å². The molecule has 1 saturated heterocycles. The molecule has 2 aromatic carbocycles. The summed E-state index contributed by atoms with van der Waals surface area (Å²) in [5, 5.41) is 4.56. The van der Waals surface area contributed by atoms with Gasteiger partial charge in [-0.3, -0.25) is 4.98 Å². The van der Waals surface area contributed by atoms with Gasteiger partial charge in [0.1, 0.15) is 0 Å². The summed E-state index contributed by atoms with van der Waals surface area (Å²) in [5.74, 6) is 0.780. The van der Waals surface area contributed by atoms with Crippen LogP contribution in [0.3, 0.4) is 0 Å². The summed E-state index contributed by atoms with van der Waals surface area (Å²) in [5.41, 5.74) is 3.49. The Morgan fingerprint density at radius 1 is 1.04 bits per heavy atom. The van der Waals surface area contributed by atoms with Crippen LogP contribution in [0, 0.1) is 6.92 Å². The smallest absolute Gasteiger partial charge is 0.156 e. The molecule has 1 aliphatic rings. The van der Waals surface area contributed by atoms with Crippen LogP contribution in [0.1, 0.15) is 19.4 Å². The van der Waals surface area contributed by atoms with Crippen LogP contribution < -0.4 is 14.4 Å². The highest BCUT2D eigenvalue weighted by atomic mass is 32.2. The highest BCUT2D eigenvalue weighted by Crippen LogP contribution is 2.32. The standard InChI is InChI=1S/C20H21N3OS.C2H6/c1-15-7-8-19(23-11-9-21-10-12-23)20-18(15)13-16(14-22-20)24-25-17-5-3-2-4-6-17;1-2/h2-8,13-14,21H,9-12H2,1H3;1-2H3. The Morgan fingerprint density at radius 2 is 1.78 bits per heavy atom. The van der Waals surface area contributed by atoms with Crippen LogP contribution in [0.4, 0.5) is 5.69 Å². The summed E-state index contributed by atoms with van der Waals surface area (Å²) >= 11 is 1.36. The van der Waals surface area contributed by atoms with Gasteiger partial charge in [0.05, 0.1) is 29.4 Å². The molecular weight excluding hydrogens is 354 g/mol. The monoisotopic (exact) mass is 381 g/mol. The molecule has 142 valence electrons. The molecule has 0 saturated carbocycles. The first-order chi connectivity index (χ1) is 13.3. The molecule has 2 heterocycles. The molecule has 3 aromatic rings. The van der Waals surface area contributed by atoms with Crippen molar-refractivity contribution in [3.05, 3.63) is 60.3 Å². The number of rotatable bonds is 4. The summed E-state index contributed by atoms with van der Waals surface area (Å²) in [4.78, 5) is 8.21. The molecule has 4 rings (SSSR count). The van der Waals surface area contributed by atoms with Crippen molar-refractivity contribution in [1.82, 2.24) is 10.3 Å². The van der Waals surface area contributed by atoms with E-state index in [2.05, 4.69) is 35.3 Å². The zero-order chi connectivity index (χ0) is 19.1. The minimum atomic E-state index is 0.780. The predicted molar refractivity (Wildman–Crippen MR) is 116 cm³/mol. The van der Waals surface area contributed by atoms with Crippen LogP contribution in [0.2, 0.25) is 0 Å². The van der Waals surface area contributed by atoms with Gasteiger partial charge in [0.2, 0.25) is 0 Å².